The predicted octanol–water partition coefficient (Wildman–Crippen LogP) is 2.65. The normalized spacial score (nSPS) is 16.6. The molecule has 1 aliphatic heterocycles. The van der Waals surface area contributed by atoms with Crippen LogP contribution >= 0.6 is 0 Å². The van der Waals surface area contributed by atoms with Crippen LogP contribution < -0.4 is 10.1 Å². The predicted molar refractivity (Wildman–Crippen MR) is 91.6 cm³/mol. The van der Waals surface area contributed by atoms with Crippen molar-refractivity contribution in [1.82, 2.24) is 20.4 Å². The molecular weight excluding hydrogens is 288 g/mol. The van der Waals surface area contributed by atoms with E-state index in [1.807, 2.05) is 12.3 Å². The van der Waals surface area contributed by atoms with Gasteiger partial charge in [0.1, 0.15) is 5.75 Å². The summed E-state index contributed by atoms with van der Waals surface area (Å²) in [7, 11) is 1.75. The SMILES string of the molecule is COc1ccccc1C(CNCc1cn[nH]c1C)N1CCCC1. The van der Waals surface area contributed by atoms with Gasteiger partial charge >= 0.3 is 0 Å². The van der Waals surface area contributed by atoms with Crippen molar-refractivity contribution in [2.24, 2.45) is 0 Å². The zero-order chi connectivity index (χ0) is 16.1. The first-order valence-corrected chi connectivity index (χ1v) is 8.36. The molecule has 1 aromatic carbocycles. The molecule has 0 aliphatic carbocycles. The topological polar surface area (TPSA) is 53.2 Å². The van der Waals surface area contributed by atoms with Crippen LogP contribution in [0.25, 0.3) is 0 Å². The number of likely N-dealkylation sites (tertiary alicyclic amines) is 1. The van der Waals surface area contributed by atoms with Crippen LogP contribution in [0.5, 0.6) is 5.75 Å². The summed E-state index contributed by atoms with van der Waals surface area (Å²) in [6.45, 7) is 6.12. The largest absolute Gasteiger partial charge is 0.496 e. The maximum Gasteiger partial charge on any atom is 0.123 e. The Morgan fingerprint density at radius 2 is 2.09 bits per heavy atom. The Balaban J connectivity index is 1.72. The number of nitrogens with one attached hydrogen (secondary N) is 2. The van der Waals surface area contributed by atoms with E-state index in [0.717, 1.165) is 37.6 Å². The average Bonchev–Trinajstić information content (AvgIpc) is 3.24. The van der Waals surface area contributed by atoms with E-state index in [0.29, 0.717) is 6.04 Å². The summed E-state index contributed by atoms with van der Waals surface area (Å²) in [5, 5.41) is 10.7. The zero-order valence-electron chi connectivity index (χ0n) is 14.0. The Morgan fingerprint density at radius 1 is 1.30 bits per heavy atom. The van der Waals surface area contributed by atoms with Gasteiger partial charge in [-0.15, -0.1) is 0 Å². The molecule has 124 valence electrons. The lowest BCUT2D eigenvalue weighted by atomic mass is 10.0. The van der Waals surface area contributed by atoms with Crippen LogP contribution in [0.1, 0.15) is 35.7 Å². The minimum absolute atomic E-state index is 0.348. The van der Waals surface area contributed by atoms with Gasteiger partial charge in [-0.05, 0) is 38.9 Å². The van der Waals surface area contributed by atoms with Crippen LogP contribution in [0.4, 0.5) is 0 Å². The third kappa shape index (κ3) is 3.74. The van der Waals surface area contributed by atoms with E-state index in [2.05, 4.69) is 45.5 Å². The smallest absolute Gasteiger partial charge is 0.123 e. The van der Waals surface area contributed by atoms with Crippen molar-refractivity contribution < 1.29 is 4.74 Å². The third-order valence-corrected chi connectivity index (χ3v) is 4.67. The highest BCUT2D eigenvalue weighted by molar-refractivity contribution is 5.36. The molecule has 1 aliphatic rings. The first-order chi connectivity index (χ1) is 11.3. The van der Waals surface area contributed by atoms with Crippen molar-refractivity contribution in [1.29, 1.82) is 0 Å². The van der Waals surface area contributed by atoms with Gasteiger partial charge < -0.3 is 10.1 Å². The number of H-pyrrole nitrogens is 1. The summed E-state index contributed by atoms with van der Waals surface area (Å²) >= 11 is 0. The Kier molecular flexibility index (Phi) is 5.31. The molecule has 1 atom stereocenters. The summed E-state index contributed by atoms with van der Waals surface area (Å²) < 4.78 is 5.59. The van der Waals surface area contributed by atoms with Gasteiger partial charge in [-0.2, -0.15) is 5.10 Å². The number of aromatic nitrogens is 2. The van der Waals surface area contributed by atoms with Crippen LogP contribution in [0, 0.1) is 6.92 Å². The van der Waals surface area contributed by atoms with E-state index in [1.54, 1.807) is 7.11 Å². The molecule has 1 aromatic heterocycles. The van der Waals surface area contributed by atoms with Gasteiger partial charge in [-0.3, -0.25) is 10.00 Å². The van der Waals surface area contributed by atoms with Crippen LogP contribution in [0.15, 0.2) is 30.5 Å². The molecule has 0 saturated carbocycles. The molecule has 1 unspecified atom stereocenters. The molecule has 1 fully saturated rings. The van der Waals surface area contributed by atoms with Gasteiger partial charge in [0.2, 0.25) is 0 Å². The first-order valence-electron chi connectivity index (χ1n) is 8.36. The van der Waals surface area contributed by atoms with Crippen LogP contribution in [0.2, 0.25) is 0 Å². The van der Waals surface area contributed by atoms with Crippen LogP contribution in [-0.2, 0) is 6.54 Å². The first kappa shape index (κ1) is 16.0. The Hall–Kier alpha value is -1.85. The number of hydrogen-bond acceptors (Lipinski definition) is 4. The lowest BCUT2D eigenvalue weighted by molar-refractivity contribution is 0.232. The lowest BCUT2D eigenvalue weighted by Crippen LogP contribution is -2.34. The fourth-order valence-electron chi connectivity index (χ4n) is 3.33. The van der Waals surface area contributed by atoms with Crippen LogP contribution in [0.3, 0.4) is 0 Å². The molecular formula is C18H26N4O. The van der Waals surface area contributed by atoms with Crippen molar-refractivity contribution in [3.05, 3.63) is 47.3 Å². The van der Waals surface area contributed by atoms with Crippen molar-refractivity contribution in [2.75, 3.05) is 26.7 Å². The molecule has 0 spiro atoms. The molecule has 5 nitrogen and oxygen atoms in total. The number of aryl methyl sites for hydroxylation is 1. The maximum atomic E-state index is 5.59. The standard InChI is InChI=1S/C18H26N4O/c1-14-15(12-20-21-14)11-19-13-17(22-9-5-6-10-22)16-7-3-4-8-18(16)23-2/h3-4,7-8,12,17,19H,5-6,9-11,13H2,1-2H3,(H,20,21). The second kappa shape index (κ2) is 7.62. The maximum absolute atomic E-state index is 5.59. The summed E-state index contributed by atoms with van der Waals surface area (Å²) in [5.74, 6) is 0.977. The van der Waals surface area contributed by atoms with E-state index < -0.39 is 0 Å². The minimum atomic E-state index is 0.348. The van der Waals surface area contributed by atoms with Crippen molar-refractivity contribution >= 4 is 0 Å². The van der Waals surface area contributed by atoms with Gasteiger partial charge in [-0.1, -0.05) is 18.2 Å². The molecule has 0 bridgehead atoms. The third-order valence-electron chi connectivity index (χ3n) is 4.67. The number of rotatable bonds is 7. The fourth-order valence-corrected chi connectivity index (χ4v) is 3.33. The molecule has 2 aromatic rings. The fraction of sp³-hybridized carbons (Fsp3) is 0.500. The quantitative estimate of drug-likeness (QED) is 0.825. The number of benzene rings is 1. The minimum Gasteiger partial charge on any atom is -0.496 e. The number of ether oxygens (including phenoxy) is 1. The molecule has 23 heavy (non-hydrogen) atoms. The number of nitrogens with zero attached hydrogens (tertiary/aromatic N) is 2. The van der Waals surface area contributed by atoms with E-state index >= 15 is 0 Å². The molecule has 1 saturated heterocycles. The monoisotopic (exact) mass is 314 g/mol. The molecule has 3 rings (SSSR count). The second-order valence-electron chi connectivity index (χ2n) is 6.15. The highest BCUT2D eigenvalue weighted by Gasteiger charge is 2.25. The average molecular weight is 314 g/mol. The molecule has 2 heterocycles. The Bertz CT molecular complexity index is 619. The van der Waals surface area contributed by atoms with E-state index in [1.165, 1.54) is 24.0 Å². The molecule has 0 radical (unpaired) electrons. The lowest BCUT2D eigenvalue weighted by Gasteiger charge is -2.29. The van der Waals surface area contributed by atoms with Crippen molar-refractivity contribution in [2.45, 2.75) is 32.4 Å². The van der Waals surface area contributed by atoms with Gasteiger partial charge in [0.15, 0.2) is 0 Å². The number of para-hydroxylation sites is 1. The van der Waals surface area contributed by atoms with E-state index in [9.17, 15) is 0 Å². The van der Waals surface area contributed by atoms with Gasteiger partial charge in [0, 0.05) is 29.9 Å². The highest BCUT2D eigenvalue weighted by Crippen LogP contribution is 2.31. The highest BCUT2D eigenvalue weighted by atomic mass is 16.5. The van der Waals surface area contributed by atoms with Gasteiger partial charge in [0.25, 0.3) is 0 Å². The van der Waals surface area contributed by atoms with Gasteiger partial charge in [-0.25, -0.2) is 0 Å². The Labute approximate surface area is 138 Å². The molecule has 0 amide bonds. The van der Waals surface area contributed by atoms with E-state index in [4.69, 9.17) is 4.74 Å². The molecule has 5 heteroatoms. The number of aromatic amines is 1. The summed E-state index contributed by atoms with van der Waals surface area (Å²) in [4.78, 5) is 2.56. The van der Waals surface area contributed by atoms with Crippen molar-refractivity contribution in [3.63, 3.8) is 0 Å². The number of methoxy groups -OCH3 is 1. The van der Waals surface area contributed by atoms with Crippen LogP contribution in [-0.4, -0.2) is 41.8 Å². The summed E-state index contributed by atoms with van der Waals surface area (Å²) in [6.07, 6.45) is 4.47. The zero-order valence-corrected chi connectivity index (χ0v) is 14.0. The number of hydrogen-bond donors (Lipinski definition) is 2. The van der Waals surface area contributed by atoms with Crippen molar-refractivity contribution in [3.8, 4) is 5.75 Å². The summed E-state index contributed by atoms with van der Waals surface area (Å²) in [6, 6.07) is 8.72. The van der Waals surface area contributed by atoms with Gasteiger partial charge in [0.05, 0.1) is 19.3 Å². The summed E-state index contributed by atoms with van der Waals surface area (Å²) in [5.41, 5.74) is 3.63. The van der Waals surface area contributed by atoms with E-state index in [-0.39, 0.29) is 0 Å². The second-order valence-corrected chi connectivity index (χ2v) is 6.15. The molecule has 2 N–H and O–H groups in total. The Morgan fingerprint density at radius 3 is 2.78 bits per heavy atom.